The van der Waals surface area contributed by atoms with E-state index in [1.807, 2.05) is 18.2 Å². The normalized spacial score (nSPS) is 17.7. The van der Waals surface area contributed by atoms with Gasteiger partial charge < -0.3 is 11.5 Å². The number of hydrogen-bond acceptors (Lipinski definition) is 4. The van der Waals surface area contributed by atoms with Gasteiger partial charge in [-0.25, -0.2) is 0 Å². The van der Waals surface area contributed by atoms with E-state index in [1.54, 1.807) is 6.20 Å². The Balaban J connectivity index is 1.61. The molecule has 2 heterocycles. The highest BCUT2D eigenvalue weighted by Crippen LogP contribution is 2.43. The fraction of sp³-hybridized carbons (Fsp3) is 0.348. The molecular formula is C23H24N4O. The summed E-state index contributed by atoms with van der Waals surface area (Å²) in [7, 11) is 0. The lowest BCUT2D eigenvalue weighted by atomic mass is 9.65. The molecule has 2 aliphatic rings. The molecule has 1 aromatic carbocycles. The number of nitrogens with two attached hydrogens (primary N) is 2. The Bertz CT molecular complexity index is 1100. The number of aryl methyl sites for hydroxylation is 1. The summed E-state index contributed by atoms with van der Waals surface area (Å²) in [6.07, 6.45) is 8.72. The molecule has 1 fully saturated rings. The molecule has 2 aliphatic carbocycles. The molecule has 3 aromatic rings. The maximum absolute atomic E-state index is 12.1. The van der Waals surface area contributed by atoms with E-state index in [0.717, 1.165) is 71.2 Å². The van der Waals surface area contributed by atoms with Crippen molar-refractivity contribution in [2.45, 2.75) is 50.4 Å². The van der Waals surface area contributed by atoms with Gasteiger partial charge in [0.25, 0.3) is 0 Å². The lowest BCUT2D eigenvalue weighted by Crippen LogP contribution is -2.47. The quantitative estimate of drug-likeness (QED) is 0.733. The largest absolute Gasteiger partial charge is 0.398 e. The highest BCUT2D eigenvalue weighted by molar-refractivity contribution is 5.95. The van der Waals surface area contributed by atoms with Gasteiger partial charge >= 0.3 is 0 Å². The smallest absolute Gasteiger partial charge is 0.229 e. The Morgan fingerprint density at radius 1 is 1.00 bits per heavy atom. The molecule has 0 bridgehead atoms. The SMILES string of the molecule is NC(=O)C1(c2cc(-c3ccc4nc5c(c(N)c4c3)CCCC5)ccn2)CCC1. The van der Waals surface area contributed by atoms with Gasteiger partial charge in [-0.15, -0.1) is 0 Å². The van der Waals surface area contributed by atoms with Crippen molar-refractivity contribution < 1.29 is 4.79 Å². The summed E-state index contributed by atoms with van der Waals surface area (Å²) < 4.78 is 0. The molecule has 1 amide bonds. The number of primary amides is 1. The summed E-state index contributed by atoms with van der Waals surface area (Å²) in [6, 6.07) is 10.2. The monoisotopic (exact) mass is 372 g/mol. The van der Waals surface area contributed by atoms with E-state index in [4.69, 9.17) is 16.5 Å². The van der Waals surface area contributed by atoms with E-state index in [-0.39, 0.29) is 5.91 Å². The molecule has 1 saturated carbocycles. The predicted octanol–water partition coefficient (Wildman–Crippen LogP) is 3.66. The van der Waals surface area contributed by atoms with Gasteiger partial charge in [0.05, 0.1) is 16.6 Å². The van der Waals surface area contributed by atoms with Crippen LogP contribution in [0.1, 0.15) is 49.1 Å². The second kappa shape index (κ2) is 6.30. The molecule has 4 N–H and O–H groups in total. The Labute approximate surface area is 164 Å². The second-order valence-corrected chi connectivity index (χ2v) is 8.12. The molecule has 5 rings (SSSR count). The summed E-state index contributed by atoms with van der Waals surface area (Å²) in [4.78, 5) is 21.4. The number of nitrogens with zero attached hydrogens (tertiary/aromatic N) is 2. The summed E-state index contributed by atoms with van der Waals surface area (Å²) in [5.41, 5.74) is 18.7. The van der Waals surface area contributed by atoms with E-state index in [2.05, 4.69) is 17.1 Å². The number of benzene rings is 1. The third-order valence-electron chi connectivity index (χ3n) is 6.57. The summed E-state index contributed by atoms with van der Waals surface area (Å²) in [6.45, 7) is 0. The highest BCUT2D eigenvalue weighted by atomic mass is 16.1. The first-order valence-corrected chi connectivity index (χ1v) is 10.1. The molecule has 0 atom stereocenters. The minimum absolute atomic E-state index is 0.276. The van der Waals surface area contributed by atoms with Gasteiger partial charge in [-0.05, 0) is 79.5 Å². The molecule has 28 heavy (non-hydrogen) atoms. The number of carbonyl (C=O) groups excluding carboxylic acids is 1. The Kier molecular flexibility index (Phi) is 3.86. The summed E-state index contributed by atoms with van der Waals surface area (Å²) in [5, 5.41) is 1.00. The van der Waals surface area contributed by atoms with Crippen molar-refractivity contribution in [1.82, 2.24) is 9.97 Å². The Hall–Kier alpha value is -2.95. The van der Waals surface area contributed by atoms with Gasteiger partial charge in [0.1, 0.15) is 0 Å². The number of carbonyl (C=O) groups is 1. The van der Waals surface area contributed by atoms with Crippen LogP contribution in [0.25, 0.3) is 22.0 Å². The molecule has 0 radical (unpaired) electrons. The van der Waals surface area contributed by atoms with Crippen LogP contribution in [0.5, 0.6) is 0 Å². The van der Waals surface area contributed by atoms with Gasteiger partial charge in [-0.1, -0.05) is 12.5 Å². The van der Waals surface area contributed by atoms with Crippen molar-refractivity contribution in [3.05, 3.63) is 53.5 Å². The number of rotatable bonds is 3. The van der Waals surface area contributed by atoms with E-state index < -0.39 is 5.41 Å². The zero-order valence-electron chi connectivity index (χ0n) is 15.9. The van der Waals surface area contributed by atoms with Crippen LogP contribution in [0.2, 0.25) is 0 Å². The van der Waals surface area contributed by atoms with E-state index in [0.29, 0.717) is 0 Å². The molecule has 5 heteroatoms. The van der Waals surface area contributed by atoms with E-state index >= 15 is 0 Å². The van der Waals surface area contributed by atoms with Crippen LogP contribution >= 0.6 is 0 Å². The third kappa shape index (κ3) is 2.49. The molecule has 0 aliphatic heterocycles. The fourth-order valence-electron chi connectivity index (χ4n) is 4.67. The first-order chi connectivity index (χ1) is 13.6. The Morgan fingerprint density at radius 2 is 1.79 bits per heavy atom. The zero-order chi connectivity index (χ0) is 19.3. The molecule has 5 nitrogen and oxygen atoms in total. The third-order valence-corrected chi connectivity index (χ3v) is 6.57. The van der Waals surface area contributed by atoms with Crippen LogP contribution in [0.4, 0.5) is 5.69 Å². The van der Waals surface area contributed by atoms with E-state index in [9.17, 15) is 4.79 Å². The molecule has 2 aromatic heterocycles. The molecule has 0 saturated heterocycles. The lowest BCUT2D eigenvalue weighted by Gasteiger charge is -2.38. The average Bonchev–Trinajstić information content (AvgIpc) is 2.67. The average molecular weight is 372 g/mol. The molecular weight excluding hydrogens is 348 g/mol. The van der Waals surface area contributed by atoms with Crippen LogP contribution in [-0.2, 0) is 23.1 Å². The lowest BCUT2D eigenvalue weighted by molar-refractivity contribution is -0.126. The van der Waals surface area contributed by atoms with Crippen LogP contribution in [0.3, 0.4) is 0 Å². The molecule has 0 unspecified atom stereocenters. The van der Waals surface area contributed by atoms with Crippen LogP contribution in [0, 0.1) is 0 Å². The van der Waals surface area contributed by atoms with Crippen molar-refractivity contribution in [1.29, 1.82) is 0 Å². The van der Waals surface area contributed by atoms with Gasteiger partial charge in [0, 0.05) is 23.0 Å². The zero-order valence-corrected chi connectivity index (χ0v) is 15.9. The fourth-order valence-corrected chi connectivity index (χ4v) is 4.67. The van der Waals surface area contributed by atoms with Gasteiger partial charge in [-0.2, -0.15) is 0 Å². The van der Waals surface area contributed by atoms with Crippen molar-refractivity contribution in [2.75, 3.05) is 5.73 Å². The number of nitrogen functional groups attached to an aromatic ring is 1. The molecule has 142 valence electrons. The highest BCUT2D eigenvalue weighted by Gasteiger charge is 2.45. The number of pyridine rings is 2. The predicted molar refractivity (Wildman–Crippen MR) is 111 cm³/mol. The topological polar surface area (TPSA) is 94.9 Å². The maximum Gasteiger partial charge on any atom is 0.229 e. The number of hydrogen-bond donors (Lipinski definition) is 2. The maximum atomic E-state index is 12.1. The summed E-state index contributed by atoms with van der Waals surface area (Å²) >= 11 is 0. The number of aromatic nitrogens is 2. The van der Waals surface area contributed by atoms with Crippen molar-refractivity contribution >= 4 is 22.5 Å². The van der Waals surface area contributed by atoms with Crippen molar-refractivity contribution in [2.24, 2.45) is 5.73 Å². The first kappa shape index (κ1) is 17.2. The molecule has 0 spiro atoms. The minimum Gasteiger partial charge on any atom is -0.398 e. The van der Waals surface area contributed by atoms with Crippen molar-refractivity contribution in [3.63, 3.8) is 0 Å². The van der Waals surface area contributed by atoms with Crippen molar-refractivity contribution in [3.8, 4) is 11.1 Å². The number of amides is 1. The minimum atomic E-state index is -0.605. The van der Waals surface area contributed by atoms with Gasteiger partial charge in [0.2, 0.25) is 5.91 Å². The van der Waals surface area contributed by atoms with Crippen LogP contribution in [-0.4, -0.2) is 15.9 Å². The number of fused-ring (bicyclic) bond motifs is 2. The Morgan fingerprint density at radius 3 is 2.54 bits per heavy atom. The van der Waals surface area contributed by atoms with E-state index in [1.165, 1.54) is 18.4 Å². The van der Waals surface area contributed by atoms with Crippen LogP contribution < -0.4 is 11.5 Å². The van der Waals surface area contributed by atoms with Crippen LogP contribution in [0.15, 0.2) is 36.5 Å². The first-order valence-electron chi connectivity index (χ1n) is 10.1. The summed E-state index contributed by atoms with van der Waals surface area (Å²) in [5.74, 6) is -0.276. The van der Waals surface area contributed by atoms with Gasteiger partial charge in [-0.3, -0.25) is 14.8 Å². The van der Waals surface area contributed by atoms with Gasteiger partial charge in [0.15, 0.2) is 0 Å². The number of anilines is 1. The second-order valence-electron chi connectivity index (χ2n) is 8.12. The standard InChI is InChI=1S/C23H24N4O/c24-21-16-4-1-2-5-18(16)27-19-7-6-14(12-17(19)21)15-8-11-26-20(13-15)23(22(25)28)9-3-10-23/h6-8,11-13H,1-5,9-10H2,(H2,24,27)(H2,25,28).